The summed E-state index contributed by atoms with van der Waals surface area (Å²) >= 11 is 0. The summed E-state index contributed by atoms with van der Waals surface area (Å²) in [4.78, 5) is 14.7. The zero-order chi connectivity index (χ0) is 25.9. The molecule has 2 aliphatic rings. The Morgan fingerprint density at radius 2 is 2.00 bits per heavy atom. The lowest BCUT2D eigenvalue weighted by molar-refractivity contribution is -0.142. The molecule has 0 unspecified atom stereocenters. The minimum absolute atomic E-state index is 0.102. The van der Waals surface area contributed by atoms with E-state index in [1.54, 1.807) is 7.11 Å². The zero-order valence-electron chi connectivity index (χ0n) is 22.1. The molecule has 3 atom stereocenters. The van der Waals surface area contributed by atoms with Crippen molar-refractivity contribution in [3.05, 3.63) is 59.2 Å². The van der Waals surface area contributed by atoms with E-state index in [1.165, 1.54) is 0 Å². The number of thiol groups is 1. The molecule has 198 valence electrons. The van der Waals surface area contributed by atoms with Gasteiger partial charge in [0, 0.05) is 28.3 Å². The fourth-order valence-electron chi connectivity index (χ4n) is 6.15. The van der Waals surface area contributed by atoms with Crippen LogP contribution < -0.4 is 10.1 Å². The van der Waals surface area contributed by atoms with Crippen molar-refractivity contribution in [1.29, 1.82) is 0 Å². The summed E-state index contributed by atoms with van der Waals surface area (Å²) in [6.45, 7) is 5.62. The Morgan fingerprint density at radius 1 is 1.25 bits per heavy atom. The molecule has 1 fully saturated rings. The van der Waals surface area contributed by atoms with Crippen LogP contribution in [0.1, 0.15) is 75.1 Å². The molecule has 0 aliphatic carbocycles. The van der Waals surface area contributed by atoms with Crippen LogP contribution in [0.25, 0.3) is 0 Å². The molecule has 0 bridgehead atoms. The van der Waals surface area contributed by atoms with Gasteiger partial charge in [0.05, 0.1) is 13.2 Å². The van der Waals surface area contributed by atoms with Crippen molar-refractivity contribution in [2.24, 2.45) is 0 Å². The van der Waals surface area contributed by atoms with Gasteiger partial charge in [-0.1, -0.05) is 67.0 Å². The lowest BCUT2D eigenvalue weighted by Gasteiger charge is -2.38. The lowest BCUT2D eigenvalue weighted by Crippen LogP contribution is -2.50. The fourth-order valence-corrected chi connectivity index (χ4v) is 9.12. The standard InChI is InChI=1S/C29H42N2O4S/c1-5-7-15-29(6-2)20-36(4,34)26-17-22(19-31-16-11-14-24(31)28(32)33)25(35-3)18-23(26)27(30-29)21-12-9-8-10-13-21/h8-10,12-13,17-18,24,27,30,36H,5-7,11,14-16,19-20H2,1-4H3,(H,32,33)/t24-,27+,29+/m0/s1. The monoisotopic (exact) mass is 514 g/mol. The van der Waals surface area contributed by atoms with Crippen molar-refractivity contribution >= 4 is 15.9 Å². The fraction of sp³-hybridized carbons (Fsp3) is 0.552. The van der Waals surface area contributed by atoms with E-state index >= 15 is 0 Å². The third-order valence-electron chi connectivity index (χ3n) is 8.15. The summed E-state index contributed by atoms with van der Waals surface area (Å²) < 4.78 is 20.4. The Balaban J connectivity index is 1.85. The van der Waals surface area contributed by atoms with Crippen molar-refractivity contribution in [2.45, 2.75) is 81.4 Å². The number of methoxy groups -OCH3 is 1. The van der Waals surface area contributed by atoms with E-state index in [9.17, 15) is 14.1 Å². The number of carboxylic acid groups (broad SMARTS) is 1. The third kappa shape index (κ3) is 5.38. The van der Waals surface area contributed by atoms with Crippen molar-refractivity contribution in [3.63, 3.8) is 0 Å². The van der Waals surface area contributed by atoms with Gasteiger partial charge in [-0.05, 0) is 61.7 Å². The van der Waals surface area contributed by atoms with E-state index < -0.39 is 21.9 Å². The largest absolute Gasteiger partial charge is 0.496 e. The van der Waals surface area contributed by atoms with Crippen LogP contribution in [0.2, 0.25) is 0 Å². The van der Waals surface area contributed by atoms with Gasteiger partial charge in [0.1, 0.15) is 11.8 Å². The summed E-state index contributed by atoms with van der Waals surface area (Å²) in [6, 6.07) is 13.9. The number of fused-ring (bicyclic) bond motifs is 1. The summed E-state index contributed by atoms with van der Waals surface area (Å²) in [6.07, 6.45) is 7.52. The second kappa shape index (κ2) is 11.0. The number of benzene rings is 2. The molecule has 7 heteroatoms. The van der Waals surface area contributed by atoms with Crippen LogP contribution in [0.3, 0.4) is 0 Å². The number of hydrogen-bond donors (Lipinski definition) is 3. The summed E-state index contributed by atoms with van der Waals surface area (Å²) in [5, 5.41) is 13.7. The predicted octanol–water partition coefficient (Wildman–Crippen LogP) is 4.78. The Hall–Kier alpha value is -2.22. The number of ether oxygens (including phenoxy) is 1. The normalized spacial score (nSPS) is 26.7. The molecule has 0 saturated carbocycles. The van der Waals surface area contributed by atoms with Gasteiger partial charge in [-0.25, -0.2) is 0 Å². The highest BCUT2D eigenvalue weighted by molar-refractivity contribution is 8.02. The van der Waals surface area contributed by atoms with Crippen LogP contribution in [0, 0.1) is 0 Å². The lowest BCUT2D eigenvalue weighted by atomic mass is 9.88. The number of carbonyl (C=O) groups is 1. The highest BCUT2D eigenvalue weighted by Crippen LogP contribution is 2.43. The summed E-state index contributed by atoms with van der Waals surface area (Å²) in [5.74, 6) is 0.560. The van der Waals surface area contributed by atoms with Crippen LogP contribution in [0.5, 0.6) is 5.75 Å². The van der Waals surface area contributed by atoms with Gasteiger partial charge in [0.15, 0.2) is 0 Å². The van der Waals surface area contributed by atoms with E-state index in [0.717, 1.165) is 66.0 Å². The Kier molecular flexibility index (Phi) is 8.22. The molecule has 6 nitrogen and oxygen atoms in total. The molecule has 1 saturated heterocycles. The number of hydrogen-bond acceptors (Lipinski definition) is 5. The smallest absolute Gasteiger partial charge is 0.320 e. The van der Waals surface area contributed by atoms with Crippen LogP contribution in [0.15, 0.2) is 47.4 Å². The second-order valence-electron chi connectivity index (χ2n) is 10.7. The molecule has 0 spiro atoms. The highest BCUT2D eigenvalue weighted by atomic mass is 32.2. The molecule has 36 heavy (non-hydrogen) atoms. The number of nitrogens with one attached hydrogen (secondary N) is 1. The Labute approximate surface area is 216 Å². The van der Waals surface area contributed by atoms with Gasteiger partial charge >= 0.3 is 5.97 Å². The number of likely N-dealkylation sites (tertiary alicyclic amines) is 1. The van der Waals surface area contributed by atoms with Gasteiger partial charge in [-0.2, -0.15) is 0 Å². The predicted molar refractivity (Wildman–Crippen MR) is 147 cm³/mol. The SMILES string of the molecule is CCCC[C@]1(CC)C[SH](C)(=O)c2cc(CN3CCC[C@H]3C(=O)O)c(OC)cc2[C@@H](c2ccccc2)N1. The first-order valence-electron chi connectivity index (χ1n) is 13.3. The van der Waals surface area contributed by atoms with Gasteiger partial charge in [-0.3, -0.25) is 19.2 Å². The number of carboxylic acids is 1. The maximum Gasteiger partial charge on any atom is 0.320 e. The van der Waals surface area contributed by atoms with E-state index in [-0.39, 0.29) is 11.6 Å². The number of aliphatic carboxylic acids is 1. The minimum Gasteiger partial charge on any atom is -0.496 e. The van der Waals surface area contributed by atoms with Crippen molar-refractivity contribution in [3.8, 4) is 5.75 Å². The third-order valence-corrected chi connectivity index (χ3v) is 10.8. The summed E-state index contributed by atoms with van der Waals surface area (Å²) in [7, 11) is -1.08. The van der Waals surface area contributed by atoms with Crippen LogP contribution in [0.4, 0.5) is 0 Å². The van der Waals surface area contributed by atoms with Crippen molar-refractivity contribution in [1.82, 2.24) is 10.2 Å². The quantitative estimate of drug-likeness (QED) is 0.418. The molecule has 0 aromatic heterocycles. The molecule has 0 amide bonds. The van der Waals surface area contributed by atoms with Crippen LogP contribution >= 0.6 is 0 Å². The maximum absolute atomic E-state index is 14.6. The van der Waals surface area contributed by atoms with Crippen LogP contribution in [-0.4, -0.2) is 57.4 Å². The summed E-state index contributed by atoms with van der Waals surface area (Å²) in [5.41, 5.74) is 2.85. The first-order chi connectivity index (χ1) is 17.2. The van der Waals surface area contributed by atoms with E-state index in [1.807, 2.05) is 17.2 Å². The van der Waals surface area contributed by atoms with E-state index in [0.29, 0.717) is 18.7 Å². The highest BCUT2D eigenvalue weighted by Gasteiger charge is 2.41. The molecular formula is C29H42N2O4S. The topological polar surface area (TPSA) is 78.9 Å². The van der Waals surface area contributed by atoms with Crippen molar-refractivity contribution < 1.29 is 18.8 Å². The number of nitrogens with zero attached hydrogens (tertiary/aromatic N) is 1. The van der Waals surface area contributed by atoms with Crippen LogP contribution in [-0.2, 0) is 21.3 Å². The van der Waals surface area contributed by atoms with Gasteiger partial charge in [0.25, 0.3) is 0 Å². The number of rotatable bonds is 9. The molecule has 2 aliphatic heterocycles. The zero-order valence-corrected chi connectivity index (χ0v) is 23.0. The molecule has 2 aromatic carbocycles. The second-order valence-corrected chi connectivity index (χ2v) is 13.7. The average molecular weight is 515 g/mol. The molecule has 2 aromatic rings. The first-order valence-corrected chi connectivity index (χ1v) is 15.6. The van der Waals surface area contributed by atoms with Gasteiger partial charge in [-0.15, -0.1) is 0 Å². The maximum atomic E-state index is 14.6. The van der Waals surface area contributed by atoms with Gasteiger partial charge in [0.2, 0.25) is 0 Å². The Morgan fingerprint density at radius 3 is 2.64 bits per heavy atom. The van der Waals surface area contributed by atoms with E-state index in [2.05, 4.69) is 55.6 Å². The van der Waals surface area contributed by atoms with Gasteiger partial charge < -0.3 is 9.84 Å². The molecule has 2 heterocycles. The molecule has 0 radical (unpaired) electrons. The Bertz CT molecular complexity index is 1120. The molecular weight excluding hydrogens is 472 g/mol. The first kappa shape index (κ1) is 26.8. The minimum atomic E-state index is -2.75. The molecule has 2 N–H and O–H groups in total. The van der Waals surface area contributed by atoms with E-state index in [4.69, 9.17) is 4.74 Å². The number of unbranched alkanes of at least 4 members (excludes halogenated alkanes) is 1. The molecule has 4 rings (SSSR count). The van der Waals surface area contributed by atoms with Crippen molar-refractivity contribution in [2.75, 3.05) is 25.7 Å². The average Bonchev–Trinajstić information content (AvgIpc) is 3.31.